The van der Waals surface area contributed by atoms with Crippen molar-refractivity contribution in [3.8, 4) is 0 Å². The highest BCUT2D eigenvalue weighted by Crippen LogP contribution is 2.46. The quantitative estimate of drug-likeness (QED) is 0.491. The second-order valence-corrected chi connectivity index (χ2v) is 9.32. The van der Waals surface area contributed by atoms with Gasteiger partial charge in [-0.2, -0.15) is 0 Å². The van der Waals surface area contributed by atoms with Gasteiger partial charge in [0.1, 0.15) is 0 Å². The van der Waals surface area contributed by atoms with Gasteiger partial charge in [0.2, 0.25) is 0 Å². The number of ketones is 1. The fourth-order valence-electron chi connectivity index (χ4n) is 4.46. The standard InChI is InChI=1S/C24H27N3O3/c1-13-6-7-16(10-20(13)27(29)30)23-22-19(11-24(4,5)12-21(22)28)25-17-8-14(2)15(3)9-18(17)26-23/h6-10,23,25-26H,11-12H2,1-5H3/t23-/m0/s1. The zero-order chi connectivity index (χ0) is 21.8. The van der Waals surface area contributed by atoms with Crippen molar-refractivity contribution in [1.29, 1.82) is 0 Å². The van der Waals surface area contributed by atoms with E-state index in [1.165, 1.54) is 0 Å². The molecule has 2 aromatic carbocycles. The number of hydrogen-bond acceptors (Lipinski definition) is 5. The topological polar surface area (TPSA) is 84.3 Å². The van der Waals surface area contributed by atoms with Crippen LogP contribution in [-0.4, -0.2) is 10.7 Å². The molecule has 0 fully saturated rings. The van der Waals surface area contributed by atoms with Crippen LogP contribution in [0.25, 0.3) is 0 Å². The number of allylic oxidation sites excluding steroid dienone is 1. The van der Waals surface area contributed by atoms with Gasteiger partial charge in [0.05, 0.1) is 22.3 Å². The zero-order valence-corrected chi connectivity index (χ0v) is 18.1. The van der Waals surface area contributed by atoms with E-state index in [1.54, 1.807) is 19.1 Å². The van der Waals surface area contributed by atoms with Crippen LogP contribution in [0.1, 0.15) is 55.0 Å². The van der Waals surface area contributed by atoms with Crippen LogP contribution in [0.4, 0.5) is 17.1 Å². The maximum atomic E-state index is 13.3. The van der Waals surface area contributed by atoms with Gasteiger partial charge in [-0.1, -0.05) is 26.0 Å². The molecule has 6 nitrogen and oxygen atoms in total. The van der Waals surface area contributed by atoms with E-state index in [0.717, 1.165) is 40.2 Å². The molecule has 2 N–H and O–H groups in total. The summed E-state index contributed by atoms with van der Waals surface area (Å²) in [5.74, 6) is 0.0794. The number of hydrogen-bond donors (Lipinski definition) is 2. The molecule has 0 saturated carbocycles. The van der Waals surface area contributed by atoms with Crippen LogP contribution in [-0.2, 0) is 4.79 Å². The number of rotatable bonds is 2. The number of nitro groups is 1. The molecule has 0 aromatic heterocycles. The molecule has 30 heavy (non-hydrogen) atoms. The van der Waals surface area contributed by atoms with Gasteiger partial charge < -0.3 is 10.6 Å². The number of nitrogens with one attached hydrogen (secondary N) is 2. The first kappa shape index (κ1) is 20.1. The molecule has 1 heterocycles. The molecule has 0 amide bonds. The lowest BCUT2D eigenvalue weighted by Crippen LogP contribution is -2.31. The molecule has 156 valence electrons. The Labute approximate surface area is 176 Å². The van der Waals surface area contributed by atoms with E-state index >= 15 is 0 Å². The summed E-state index contributed by atoms with van der Waals surface area (Å²) in [6.45, 7) is 10.0. The molecule has 2 aromatic rings. The minimum absolute atomic E-state index is 0.0672. The number of carbonyl (C=O) groups is 1. The first-order valence-corrected chi connectivity index (χ1v) is 10.2. The Balaban J connectivity index is 1.93. The van der Waals surface area contributed by atoms with E-state index in [0.29, 0.717) is 17.6 Å². The van der Waals surface area contributed by atoms with Crippen LogP contribution in [0.5, 0.6) is 0 Å². The molecule has 0 radical (unpaired) electrons. The van der Waals surface area contributed by atoms with Crippen LogP contribution < -0.4 is 10.6 Å². The molecule has 2 aliphatic rings. The zero-order valence-electron chi connectivity index (χ0n) is 18.1. The predicted molar refractivity (Wildman–Crippen MR) is 119 cm³/mol. The first-order chi connectivity index (χ1) is 14.1. The Hall–Kier alpha value is -3.15. The van der Waals surface area contributed by atoms with E-state index < -0.39 is 6.04 Å². The van der Waals surface area contributed by atoms with Gasteiger partial charge in [0.15, 0.2) is 5.78 Å². The van der Waals surface area contributed by atoms with Crippen molar-refractivity contribution in [3.63, 3.8) is 0 Å². The van der Waals surface area contributed by atoms with Crippen LogP contribution in [0.2, 0.25) is 0 Å². The third kappa shape index (κ3) is 3.47. The van der Waals surface area contributed by atoms with Gasteiger partial charge in [-0.05, 0) is 61.4 Å². The number of fused-ring (bicyclic) bond motifs is 1. The van der Waals surface area contributed by atoms with E-state index in [-0.39, 0.29) is 21.8 Å². The molecular weight excluding hydrogens is 378 g/mol. The summed E-state index contributed by atoms with van der Waals surface area (Å²) >= 11 is 0. The summed E-state index contributed by atoms with van der Waals surface area (Å²) in [4.78, 5) is 24.4. The number of benzene rings is 2. The lowest BCUT2D eigenvalue weighted by Gasteiger charge is -2.34. The lowest BCUT2D eigenvalue weighted by molar-refractivity contribution is -0.385. The summed E-state index contributed by atoms with van der Waals surface area (Å²) in [5, 5.41) is 18.6. The molecule has 1 aliphatic heterocycles. The minimum atomic E-state index is -0.446. The molecule has 0 spiro atoms. The van der Waals surface area contributed by atoms with Gasteiger partial charge in [-0.3, -0.25) is 14.9 Å². The maximum Gasteiger partial charge on any atom is 0.272 e. The molecule has 1 aliphatic carbocycles. The van der Waals surface area contributed by atoms with Gasteiger partial charge in [-0.15, -0.1) is 0 Å². The maximum absolute atomic E-state index is 13.3. The van der Waals surface area contributed by atoms with Crippen molar-refractivity contribution < 1.29 is 9.72 Å². The third-order valence-electron chi connectivity index (χ3n) is 6.19. The molecule has 0 unspecified atom stereocenters. The third-order valence-corrected chi connectivity index (χ3v) is 6.19. The van der Waals surface area contributed by atoms with E-state index in [9.17, 15) is 14.9 Å². The average molecular weight is 405 g/mol. The normalized spacial score (nSPS) is 19.9. The monoisotopic (exact) mass is 405 g/mol. The molecule has 1 atom stereocenters. The summed E-state index contributed by atoms with van der Waals surface area (Å²) in [6, 6.07) is 8.95. The van der Waals surface area contributed by atoms with Crippen molar-refractivity contribution in [1.82, 2.24) is 0 Å². The Morgan fingerprint density at radius 2 is 1.67 bits per heavy atom. The van der Waals surface area contributed by atoms with Gasteiger partial charge in [0.25, 0.3) is 5.69 Å². The fourth-order valence-corrected chi connectivity index (χ4v) is 4.46. The van der Waals surface area contributed by atoms with Crippen LogP contribution in [0.15, 0.2) is 41.6 Å². The number of nitro benzene ring substituents is 1. The van der Waals surface area contributed by atoms with Crippen LogP contribution in [0.3, 0.4) is 0 Å². The largest absolute Gasteiger partial charge is 0.372 e. The van der Waals surface area contributed by atoms with Gasteiger partial charge in [0, 0.05) is 29.3 Å². The van der Waals surface area contributed by atoms with Crippen LogP contribution in [0, 0.1) is 36.3 Å². The lowest BCUT2D eigenvalue weighted by atomic mass is 9.73. The highest BCUT2D eigenvalue weighted by atomic mass is 16.6. The van der Waals surface area contributed by atoms with E-state index in [2.05, 4.69) is 50.5 Å². The van der Waals surface area contributed by atoms with E-state index in [4.69, 9.17) is 0 Å². The second-order valence-electron chi connectivity index (χ2n) is 9.32. The second kappa shape index (κ2) is 6.97. The predicted octanol–water partition coefficient (Wildman–Crippen LogP) is 5.74. The number of aryl methyl sites for hydroxylation is 3. The van der Waals surface area contributed by atoms with Crippen molar-refractivity contribution in [2.24, 2.45) is 5.41 Å². The highest BCUT2D eigenvalue weighted by Gasteiger charge is 2.39. The minimum Gasteiger partial charge on any atom is -0.372 e. The Kier molecular flexibility index (Phi) is 4.68. The van der Waals surface area contributed by atoms with Gasteiger partial charge in [-0.25, -0.2) is 0 Å². The summed E-state index contributed by atoms with van der Waals surface area (Å²) in [5.41, 5.74) is 6.96. The Bertz CT molecular complexity index is 1110. The van der Waals surface area contributed by atoms with Gasteiger partial charge >= 0.3 is 0 Å². The molecule has 0 bridgehead atoms. The van der Waals surface area contributed by atoms with Crippen LogP contribution >= 0.6 is 0 Å². The SMILES string of the molecule is Cc1cc2c(cc1C)N[C@@H](c1ccc(C)c([N+](=O)[O-])c1)C1=C(CC(C)(C)CC1=O)N2. The number of Topliss-reactive ketones (excluding diaryl/α,β-unsaturated/α-hetero) is 1. The van der Waals surface area contributed by atoms with Crippen molar-refractivity contribution in [3.05, 3.63) is 74.0 Å². The summed E-state index contributed by atoms with van der Waals surface area (Å²) in [7, 11) is 0. The Morgan fingerprint density at radius 1 is 1.00 bits per heavy atom. The van der Waals surface area contributed by atoms with Crippen molar-refractivity contribution >= 4 is 22.8 Å². The summed E-state index contributed by atoms with van der Waals surface area (Å²) < 4.78 is 0. The fraction of sp³-hybridized carbons (Fsp3) is 0.375. The molecule has 0 saturated heterocycles. The number of anilines is 2. The molecule has 4 rings (SSSR count). The number of carbonyl (C=O) groups excluding carboxylic acids is 1. The Morgan fingerprint density at radius 3 is 2.33 bits per heavy atom. The molecule has 6 heteroatoms. The van der Waals surface area contributed by atoms with Crippen molar-refractivity contribution in [2.75, 3.05) is 10.6 Å². The smallest absolute Gasteiger partial charge is 0.272 e. The number of nitrogens with zero attached hydrogens (tertiary/aromatic N) is 1. The van der Waals surface area contributed by atoms with Crippen molar-refractivity contribution in [2.45, 2.75) is 53.5 Å². The van der Waals surface area contributed by atoms with E-state index in [1.807, 2.05) is 6.07 Å². The molecular formula is C24H27N3O3. The first-order valence-electron chi connectivity index (χ1n) is 10.2. The summed E-state index contributed by atoms with van der Waals surface area (Å²) in [6.07, 6.45) is 1.20. The highest BCUT2D eigenvalue weighted by molar-refractivity contribution is 6.01. The average Bonchev–Trinajstić information content (AvgIpc) is 2.78.